The lowest BCUT2D eigenvalue weighted by molar-refractivity contribution is -0.132. The topological polar surface area (TPSA) is 88.8 Å². The van der Waals surface area contributed by atoms with E-state index in [4.69, 9.17) is 9.26 Å². The van der Waals surface area contributed by atoms with E-state index >= 15 is 0 Å². The van der Waals surface area contributed by atoms with Crippen molar-refractivity contribution in [3.63, 3.8) is 0 Å². The van der Waals surface area contributed by atoms with E-state index in [1.807, 2.05) is 29.2 Å². The SMILES string of the molecule is COc1ccc(-c2noc(CCC(=O)N3CCCN(C(C)=O)CC3)n2)cc1. The monoisotopic (exact) mass is 372 g/mol. The maximum Gasteiger partial charge on any atom is 0.227 e. The number of carbonyl (C=O) groups is 2. The number of benzene rings is 1. The molecule has 144 valence electrons. The predicted octanol–water partition coefficient (Wildman–Crippen LogP) is 1.76. The Balaban J connectivity index is 1.53. The molecule has 1 fully saturated rings. The normalized spacial score (nSPS) is 14.7. The summed E-state index contributed by atoms with van der Waals surface area (Å²) in [7, 11) is 1.61. The molecule has 2 heterocycles. The molecule has 0 atom stereocenters. The molecule has 0 aliphatic carbocycles. The van der Waals surface area contributed by atoms with Gasteiger partial charge in [-0.05, 0) is 30.7 Å². The molecule has 2 amide bonds. The number of amides is 2. The summed E-state index contributed by atoms with van der Waals surface area (Å²) < 4.78 is 10.4. The highest BCUT2D eigenvalue weighted by Crippen LogP contribution is 2.20. The van der Waals surface area contributed by atoms with Gasteiger partial charge in [0.15, 0.2) is 0 Å². The minimum absolute atomic E-state index is 0.0459. The van der Waals surface area contributed by atoms with Crippen LogP contribution in [-0.4, -0.2) is 65.0 Å². The van der Waals surface area contributed by atoms with Gasteiger partial charge in [0.25, 0.3) is 0 Å². The first-order valence-electron chi connectivity index (χ1n) is 9.07. The summed E-state index contributed by atoms with van der Waals surface area (Å²) in [6, 6.07) is 7.38. The van der Waals surface area contributed by atoms with Crippen molar-refractivity contribution in [3.8, 4) is 17.1 Å². The van der Waals surface area contributed by atoms with E-state index in [9.17, 15) is 9.59 Å². The lowest BCUT2D eigenvalue weighted by Crippen LogP contribution is -2.36. The lowest BCUT2D eigenvalue weighted by Gasteiger charge is -2.21. The molecule has 1 saturated heterocycles. The van der Waals surface area contributed by atoms with Gasteiger partial charge in [-0.1, -0.05) is 5.16 Å². The summed E-state index contributed by atoms with van der Waals surface area (Å²) in [6.45, 7) is 4.09. The van der Waals surface area contributed by atoms with Crippen molar-refractivity contribution in [2.24, 2.45) is 0 Å². The molecule has 1 aromatic carbocycles. The quantitative estimate of drug-likeness (QED) is 0.795. The standard InChI is InChI=1S/C19H24N4O4/c1-14(24)22-10-3-11-23(13-12-22)18(25)9-8-17-20-19(21-27-17)15-4-6-16(26-2)7-5-15/h4-7H,3,8-13H2,1-2H3. The highest BCUT2D eigenvalue weighted by Gasteiger charge is 2.21. The summed E-state index contributed by atoms with van der Waals surface area (Å²) in [4.78, 5) is 31.9. The smallest absolute Gasteiger partial charge is 0.227 e. The van der Waals surface area contributed by atoms with Gasteiger partial charge in [-0.25, -0.2) is 0 Å². The van der Waals surface area contributed by atoms with Crippen LogP contribution in [0.1, 0.15) is 25.7 Å². The zero-order valence-electron chi connectivity index (χ0n) is 15.7. The van der Waals surface area contributed by atoms with E-state index in [0.717, 1.165) is 17.7 Å². The second-order valence-corrected chi connectivity index (χ2v) is 6.48. The summed E-state index contributed by atoms with van der Waals surface area (Å²) >= 11 is 0. The van der Waals surface area contributed by atoms with Crippen LogP contribution in [0.3, 0.4) is 0 Å². The molecular weight excluding hydrogens is 348 g/mol. The number of rotatable bonds is 5. The molecule has 0 unspecified atom stereocenters. The van der Waals surface area contributed by atoms with Crippen molar-refractivity contribution >= 4 is 11.8 Å². The fourth-order valence-corrected chi connectivity index (χ4v) is 3.07. The lowest BCUT2D eigenvalue weighted by atomic mass is 10.2. The van der Waals surface area contributed by atoms with E-state index in [1.165, 1.54) is 0 Å². The van der Waals surface area contributed by atoms with Gasteiger partial charge in [0.2, 0.25) is 23.5 Å². The third-order valence-corrected chi connectivity index (χ3v) is 4.66. The van der Waals surface area contributed by atoms with Crippen LogP contribution in [0.15, 0.2) is 28.8 Å². The number of hydrogen-bond donors (Lipinski definition) is 0. The Bertz CT molecular complexity index is 787. The van der Waals surface area contributed by atoms with Crippen LogP contribution in [-0.2, 0) is 16.0 Å². The maximum atomic E-state index is 12.5. The molecule has 8 nitrogen and oxygen atoms in total. The number of methoxy groups -OCH3 is 1. The largest absolute Gasteiger partial charge is 0.497 e. The first-order chi connectivity index (χ1) is 13.1. The zero-order chi connectivity index (χ0) is 19.2. The van der Waals surface area contributed by atoms with Crippen LogP contribution < -0.4 is 4.74 Å². The number of nitrogens with zero attached hydrogens (tertiary/aromatic N) is 4. The molecule has 1 aromatic heterocycles. The third-order valence-electron chi connectivity index (χ3n) is 4.66. The van der Waals surface area contributed by atoms with Gasteiger partial charge in [0, 0.05) is 51.5 Å². The highest BCUT2D eigenvalue weighted by molar-refractivity contribution is 5.77. The summed E-state index contributed by atoms with van der Waals surface area (Å²) in [6.07, 6.45) is 1.51. The summed E-state index contributed by atoms with van der Waals surface area (Å²) in [5, 5.41) is 3.98. The summed E-state index contributed by atoms with van der Waals surface area (Å²) in [5.41, 5.74) is 0.828. The summed E-state index contributed by atoms with van der Waals surface area (Å²) in [5.74, 6) is 1.79. The van der Waals surface area contributed by atoms with Crippen molar-refractivity contribution in [2.75, 3.05) is 33.3 Å². The molecule has 0 N–H and O–H groups in total. The fourth-order valence-electron chi connectivity index (χ4n) is 3.07. The van der Waals surface area contributed by atoms with Crippen LogP contribution in [0.2, 0.25) is 0 Å². The van der Waals surface area contributed by atoms with Gasteiger partial charge in [0.1, 0.15) is 5.75 Å². The van der Waals surface area contributed by atoms with Crippen molar-refractivity contribution in [1.29, 1.82) is 0 Å². The Morgan fingerprint density at radius 3 is 2.52 bits per heavy atom. The van der Waals surface area contributed by atoms with Crippen LogP contribution >= 0.6 is 0 Å². The second-order valence-electron chi connectivity index (χ2n) is 6.48. The number of aryl methyl sites for hydroxylation is 1. The van der Waals surface area contributed by atoms with Crippen LogP contribution in [0.25, 0.3) is 11.4 Å². The van der Waals surface area contributed by atoms with E-state index in [2.05, 4.69) is 10.1 Å². The van der Waals surface area contributed by atoms with E-state index in [0.29, 0.717) is 50.7 Å². The molecule has 8 heteroatoms. The van der Waals surface area contributed by atoms with E-state index in [-0.39, 0.29) is 11.8 Å². The predicted molar refractivity (Wildman–Crippen MR) is 98.1 cm³/mol. The highest BCUT2D eigenvalue weighted by atomic mass is 16.5. The molecule has 0 saturated carbocycles. The minimum Gasteiger partial charge on any atom is -0.497 e. The zero-order valence-corrected chi connectivity index (χ0v) is 15.7. The Hall–Kier alpha value is -2.90. The van der Waals surface area contributed by atoms with Gasteiger partial charge >= 0.3 is 0 Å². The van der Waals surface area contributed by atoms with Crippen molar-refractivity contribution in [3.05, 3.63) is 30.2 Å². The third kappa shape index (κ3) is 4.84. The molecule has 0 bridgehead atoms. The van der Waals surface area contributed by atoms with Crippen molar-refractivity contribution in [1.82, 2.24) is 19.9 Å². The Morgan fingerprint density at radius 1 is 1.11 bits per heavy atom. The van der Waals surface area contributed by atoms with Crippen LogP contribution in [0.4, 0.5) is 0 Å². The fraction of sp³-hybridized carbons (Fsp3) is 0.474. The molecule has 0 spiro atoms. The average Bonchev–Trinajstić information content (AvgIpc) is 3.01. The van der Waals surface area contributed by atoms with Gasteiger partial charge in [-0.15, -0.1) is 0 Å². The van der Waals surface area contributed by atoms with Crippen LogP contribution in [0.5, 0.6) is 5.75 Å². The molecule has 27 heavy (non-hydrogen) atoms. The van der Waals surface area contributed by atoms with Gasteiger partial charge in [-0.2, -0.15) is 4.98 Å². The number of ether oxygens (including phenoxy) is 1. The number of carbonyl (C=O) groups excluding carboxylic acids is 2. The molecule has 0 radical (unpaired) electrons. The minimum atomic E-state index is 0.0459. The Kier molecular flexibility index (Phi) is 6.05. The first kappa shape index (κ1) is 18.9. The second kappa shape index (κ2) is 8.66. The Morgan fingerprint density at radius 2 is 1.81 bits per heavy atom. The van der Waals surface area contributed by atoms with Crippen LogP contribution in [0, 0.1) is 0 Å². The molecule has 1 aliphatic rings. The maximum absolute atomic E-state index is 12.5. The van der Waals surface area contributed by atoms with Gasteiger partial charge in [-0.3, -0.25) is 9.59 Å². The van der Waals surface area contributed by atoms with E-state index in [1.54, 1.807) is 18.9 Å². The van der Waals surface area contributed by atoms with Gasteiger partial charge < -0.3 is 19.1 Å². The van der Waals surface area contributed by atoms with E-state index < -0.39 is 0 Å². The molecule has 2 aromatic rings. The van der Waals surface area contributed by atoms with Crippen molar-refractivity contribution in [2.45, 2.75) is 26.2 Å². The number of hydrogen-bond acceptors (Lipinski definition) is 6. The number of aromatic nitrogens is 2. The molecular formula is C19H24N4O4. The molecule has 3 rings (SSSR count). The first-order valence-corrected chi connectivity index (χ1v) is 9.07. The average molecular weight is 372 g/mol. The van der Waals surface area contributed by atoms with Gasteiger partial charge in [0.05, 0.1) is 7.11 Å². The Labute approximate surface area is 158 Å². The molecule has 1 aliphatic heterocycles. The van der Waals surface area contributed by atoms with Crippen molar-refractivity contribution < 1.29 is 18.8 Å².